The zero-order valence-corrected chi connectivity index (χ0v) is 28.8. The molecule has 0 aliphatic rings. The van der Waals surface area contributed by atoms with Crippen LogP contribution >= 0.6 is 11.8 Å². The molecule has 2 aromatic carbocycles. The molecule has 0 spiro atoms. The average molecular weight is 654 g/mol. The van der Waals surface area contributed by atoms with Gasteiger partial charge in [-0.05, 0) is 59.1 Å². The van der Waals surface area contributed by atoms with Gasteiger partial charge < -0.3 is 52.5 Å². The van der Waals surface area contributed by atoms with Crippen molar-refractivity contribution in [1.82, 2.24) is 6.15 Å². The number of phenols is 2. The number of aliphatic hydroxyl groups is 3. The van der Waals surface area contributed by atoms with Gasteiger partial charge in [-0.25, -0.2) is 0 Å². The minimum Gasteiger partial charge on any atom is -0.507 e. The maximum atomic E-state index is 10.5. The van der Waals surface area contributed by atoms with E-state index in [-0.39, 0.29) is 64.8 Å². The Balaban J connectivity index is -0.000000582. The van der Waals surface area contributed by atoms with E-state index >= 15 is 0 Å². The molecular formula is C34H60NNiO5S. The van der Waals surface area contributed by atoms with Crippen LogP contribution in [-0.4, -0.2) is 45.4 Å². The summed E-state index contributed by atoms with van der Waals surface area (Å²) in [7, 11) is 0. The molecule has 0 unspecified atom stereocenters. The summed E-state index contributed by atoms with van der Waals surface area (Å²) in [4.78, 5) is 1.61. The Bertz CT molecular complexity index is 835. The summed E-state index contributed by atoms with van der Waals surface area (Å²) < 4.78 is 0. The molecule has 6 nitrogen and oxygen atoms in total. The second-order valence-electron chi connectivity index (χ2n) is 10.8. The molecule has 0 heterocycles. The molecule has 0 saturated heterocycles. The van der Waals surface area contributed by atoms with Crippen molar-refractivity contribution in [3.8, 4) is 11.5 Å². The van der Waals surface area contributed by atoms with E-state index in [9.17, 15) is 10.2 Å². The quantitative estimate of drug-likeness (QED) is 0.0767. The summed E-state index contributed by atoms with van der Waals surface area (Å²) in [6.45, 7) is 22.7. The van der Waals surface area contributed by atoms with Crippen molar-refractivity contribution < 1.29 is 42.0 Å². The number of hydrogen-bond acceptors (Lipinski definition) is 7. The predicted molar refractivity (Wildman–Crippen MR) is 177 cm³/mol. The summed E-state index contributed by atoms with van der Waals surface area (Å²) in [5, 5.41) is 43.4. The third-order valence-corrected chi connectivity index (χ3v) is 7.61. The number of phenolic OH excluding ortho intramolecular Hbond substituents is 2. The van der Waals surface area contributed by atoms with Crippen LogP contribution in [-0.2, 0) is 27.3 Å². The van der Waals surface area contributed by atoms with Crippen molar-refractivity contribution in [2.45, 2.75) is 114 Å². The molecule has 0 bridgehead atoms. The van der Waals surface area contributed by atoms with E-state index < -0.39 is 0 Å². The molecule has 0 atom stereocenters. The van der Waals surface area contributed by atoms with E-state index in [4.69, 9.17) is 15.3 Å². The van der Waals surface area contributed by atoms with Crippen LogP contribution < -0.4 is 6.15 Å². The van der Waals surface area contributed by atoms with Gasteiger partial charge in [-0.1, -0.05) is 124 Å². The van der Waals surface area contributed by atoms with Crippen LogP contribution in [0.4, 0.5) is 0 Å². The molecule has 8 heteroatoms. The van der Waals surface area contributed by atoms with Crippen LogP contribution in [0, 0.1) is 20.8 Å². The first kappa shape index (κ1) is 47.6. The van der Waals surface area contributed by atoms with E-state index in [1.54, 1.807) is 12.1 Å². The first-order valence-electron chi connectivity index (χ1n) is 14.4. The second kappa shape index (κ2) is 27.3. The van der Waals surface area contributed by atoms with Gasteiger partial charge in [0.1, 0.15) is 11.5 Å². The Morgan fingerprint density at radius 2 is 0.905 bits per heavy atom. The van der Waals surface area contributed by atoms with Gasteiger partial charge in [0.25, 0.3) is 0 Å². The van der Waals surface area contributed by atoms with E-state index in [0.717, 1.165) is 22.6 Å². The zero-order valence-electron chi connectivity index (χ0n) is 27.0. The number of benzene rings is 2. The van der Waals surface area contributed by atoms with E-state index in [2.05, 4.69) is 74.4 Å². The van der Waals surface area contributed by atoms with Gasteiger partial charge in [-0.15, -0.1) is 0 Å². The van der Waals surface area contributed by atoms with Crippen molar-refractivity contribution in [1.29, 1.82) is 0 Å². The van der Waals surface area contributed by atoms with E-state index in [1.807, 2.05) is 12.1 Å². The smallest absolute Gasteiger partial charge is 0.507 e. The van der Waals surface area contributed by atoms with Gasteiger partial charge in [0.2, 0.25) is 0 Å². The minimum atomic E-state index is 0. The topological polar surface area (TPSA) is 136 Å². The zero-order chi connectivity index (χ0) is 31.2. The number of hydrogen-bond donors (Lipinski definition) is 6. The largest absolute Gasteiger partial charge is 3.00 e. The molecule has 0 aliphatic heterocycles. The molecule has 42 heavy (non-hydrogen) atoms. The Morgan fingerprint density at radius 3 is 1.17 bits per heavy atom. The van der Waals surface area contributed by atoms with Gasteiger partial charge in [-0.3, -0.25) is 0 Å². The van der Waals surface area contributed by atoms with E-state index in [0.29, 0.717) is 0 Å². The van der Waals surface area contributed by atoms with Crippen LogP contribution in [0.25, 0.3) is 0 Å². The fourth-order valence-corrected chi connectivity index (χ4v) is 5.03. The summed E-state index contributed by atoms with van der Waals surface area (Å²) in [6, 6.07) is 11.9. The molecule has 1 radical (unpaired) electrons. The molecular weight excluding hydrogens is 593 g/mol. The monoisotopic (exact) mass is 652 g/mol. The van der Waals surface area contributed by atoms with Gasteiger partial charge in [-0.2, -0.15) is 0 Å². The summed E-state index contributed by atoms with van der Waals surface area (Å²) in [5.74, 6) is 0.537. The van der Waals surface area contributed by atoms with Crippen molar-refractivity contribution in [2.24, 2.45) is 0 Å². The Hall–Kier alpha value is -1.28. The van der Waals surface area contributed by atoms with Crippen LogP contribution in [0.1, 0.15) is 104 Å². The molecule has 0 amide bonds. The van der Waals surface area contributed by atoms with Gasteiger partial charge >= 0.3 is 16.5 Å². The molecule has 2 aromatic rings. The second-order valence-corrected chi connectivity index (χ2v) is 11.9. The molecule has 0 aromatic heterocycles. The summed E-state index contributed by atoms with van der Waals surface area (Å²) in [5.41, 5.74) is 2.59. The SMILES string of the molecule is CCCCCC(C)(C)c1ccc(O)c(Sc2cc(C(C)(C)CCCCC)ccc2O)c1.N.[CH2-]CO.[CH2-]CO.[CH2-]CO.[Ni+3]. The standard InChI is InChI=1S/C28H42O2S.3C2H5O.H3N.Ni/c1-7-9-11-17-27(3,4)21-13-15-23(29)25(19-21)31-26-20-22(14-16-24(26)30)28(5,6)18-12-10-8-2;3*1-2-3;;/h13-16,19-20,29-30H,7-12,17-18H2,1-6H3;3*3H,1-2H2;1H3;/q;3*-1;;+3. The summed E-state index contributed by atoms with van der Waals surface area (Å²) in [6.07, 6.45) is 9.61. The number of rotatable bonds is 12. The maximum absolute atomic E-state index is 10.5. The van der Waals surface area contributed by atoms with Crippen molar-refractivity contribution >= 4 is 11.8 Å². The Labute approximate surface area is 272 Å². The molecule has 0 fully saturated rings. The Kier molecular flexibility index (Phi) is 31.0. The molecule has 0 aliphatic carbocycles. The van der Waals surface area contributed by atoms with Crippen LogP contribution in [0.5, 0.6) is 11.5 Å². The maximum Gasteiger partial charge on any atom is 3.00 e. The molecule has 247 valence electrons. The number of aromatic hydroxyl groups is 2. The van der Waals surface area contributed by atoms with Crippen LogP contribution in [0.2, 0.25) is 0 Å². The van der Waals surface area contributed by atoms with Gasteiger partial charge in [0, 0.05) is 0 Å². The van der Waals surface area contributed by atoms with Gasteiger partial charge in [0.05, 0.1) is 9.79 Å². The van der Waals surface area contributed by atoms with E-state index in [1.165, 1.54) is 61.4 Å². The fraction of sp³-hybridized carbons (Fsp3) is 0.559. The van der Waals surface area contributed by atoms with Crippen molar-refractivity contribution in [2.75, 3.05) is 19.8 Å². The number of unbranched alkanes of at least 4 members (excludes halogenated alkanes) is 4. The van der Waals surface area contributed by atoms with Crippen LogP contribution in [0.3, 0.4) is 0 Å². The van der Waals surface area contributed by atoms with Gasteiger partial charge in [0.15, 0.2) is 0 Å². The fourth-order valence-electron chi connectivity index (χ4n) is 4.07. The molecule has 2 rings (SSSR count). The predicted octanol–water partition coefficient (Wildman–Crippen LogP) is 8.56. The molecule has 8 N–H and O–H groups in total. The first-order chi connectivity index (χ1) is 18.8. The average Bonchev–Trinajstić information content (AvgIpc) is 2.88. The summed E-state index contributed by atoms with van der Waals surface area (Å²) >= 11 is 1.46. The third kappa shape index (κ3) is 19.8. The molecule has 0 saturated carbocycles. The Morgan fingerprint density at radius 1 is 0.619 bits per heavy atom. The van der Waals surface area contributed by atoms with Crippen molar-refractivity contribution in [3.05, 3.63) is 68.3 Å². The minimum absolute atomic E-state index is 0. The normalized spacial score (nSPS) is 10.4. The third-order valence-electron chi connectivity index (χ3n) is 6.51. The van der Waals surface area contributed by atoms with Crippen molar-refractivity contribution in [3.63, 3.8) is 0 Å². The first-order valence-corrected chi connectivity index (χ1v) is 15.2. The van der Waals surface area contributed by atoms with Crippen LogP contribution in [0.15, 0.2) is 46.2 Å². The number of aliphatic hydroxyl groups excluding tert-OH is 3.